The molecule has 0 saturated carbocycles. The zero-order valence-corrected chi connectivity index (χ0v) is 11.7. The van der Waals surface area contributed by atoms with Crippen molar-refractivity contribution < 1.29 is 4.39 Å². The van der Waals surface area contributed by atoms with Gasteiger partial charge in [-0.1, -0.05) is 0 Å². The van der Waals surface area contributed by atoms with Crippen LogP contribution in [0.1, 0.15) is 23.2 Å². The van der Waals surface area contributed by atoms with E-state index in [1.54, 1.807) is 12.1 Å². The number of hydrogen-bond acceptors (Lipinski definition) is 1. The zero-order chi connectivity index (χ0) is 12.1. The van der Waals surface area contributed by atoms with Crippen LogP contribution in [0.4, 0.5) is 4.39 Å². The fourth-order valence-corrected chi connectivity index (χ4v) is 3.63. The minimum Gasteiger partial charge on any atom is -0.344 e. The van der Waals surface area contributed by atoms with Gasteiger partial charge in [0.05, 0.1) is 5.52 Å². The van der Waals surface area contributed by atoms with Crippen molar-refractivity contribution in [3.63, 3.8) is 0 Å². The predicted octanol–water partition coefficient (Wildman–Crippen LogP) is 2.84. The van der Waals surface area contributed by atoms with Crippen LogP contribution in [-0.2, 0) is 25.8 Å². The molecule has 0 radical (unpaired) electrons. The first-order valence-electron chi connectivity index (χ1n) is 6.87. The lowest BCUT2D eigenvalue weighted by Gasteiger charge is -2.18. The summed E-state index contributed by atoms with van der Waals surface area (Å²) in [5.74, 6) is -0.0726. The Balaban J connectivity index is 0.00000110. The molecule has 1 aromatic heterocycles. The van der Waals surface area contributed by atoms with Gasteiger partial charge in [0.15, 0.2) is 0 Å². The van der Waals surface area contributed by atoms with Crippen LogP contribution in [0.25, 0.3) is 10.9 Å². The Kier molecular flexibility index (Phi) is 3.27. The van der Waals surface area contributed by atoms with Crippen molar-refractivity contribution in [3.8, 4) is 0 Å². The van der Waals surface area contributed by atoms with Crippen molar-refractivity contribution in [2.24, 2.45) is 0 Å². The number of hydrogen-bond donors (Lipinski definition) is 1. The smallest absolute Gasteiger partial charge is 0.124 e. The van der Waals surface area contributed by atoms with E-state index in [9.17, 15) is 4.39 Å². The van der Waals surface area contributed by atoms with Crippen LogP contribution in [0.15, 0.2) is 12.1 Å². The van der Waals surface area contributed by atoms with Crippen molar-refractivity contribution in [1.29, 1.82) is 0 Å². The van der Waals surface area contributed by atoms with E-state index < -0.39 is 0 Å². The third kappa shape index (κ3) is 1.87. The summed E-state index contributed by atoms with van der Waals surface area (Å²) in [6.07, 6.45) is 4.27. The molecule has 3 heterocycles. The van der Waals surface area contributed by atoms with Gasteiger partial charge in [0.25, 0.3) is 0 Å². The van der Waals surface area contributed by atoms with Crippen LogP contribution < -0.4 is 5.32 Å². The number of aromatic nitrogens is 1. The molecule has 0 unspecified atom stereocenters. The number of benzene rings is 1. The van der Waals surface area contributed by atoms with Crippen LogP contribution in [0.5, 0.6) is 0 Å². The summed E-state index contributed by atoms with van der Waals surface area (Å²) >= 11 is 0. The molecule has 0 spiro atoms. The van der Waals surface area contributed by atoms with E-state index in [1.807, 2.05) is 0 Å². The van der Waals surface area contributed by atoms with Gasteiger partial charge in [-0.05, 0) is 49.1 Å². The highest BCUT2D eigenvalue weighted by Gasteiger charge is 2.23. The largest absolute Gasteiger partial charge is 0.344 e. The molecule has 2 aromatic rings. The third-order valence-electron chi connectivity index (χ3n) is 4.34. The first-order chi connectivity index (χ1) is 8.84. The van der Waals surface area contributed by atoms with E-state index in [-0.39, 0.29) is 18.2 Å². The lowest BCUT2D eigenvalue weighted by Crippen LogP contribution is -2.18. The molecule has 0 atom stereocenters. The molecule has 0 fully saturated rings. The Morgan fingerprint density at radius 2 is 1.95 bits per heavy atom. The summed E-state index contributed by atoms with van der Waals surface area (Å²) in [6.45, 7) is 3.16. The van der Waals surface area contributed by atoms with Gasteiger partial charge in [-0.15, -0.1) is 12.4 Å². The number of halogens is 2. The summed E-state index contributed by atoms with van der Waals surface area (Å²) in [5.41, 5.74) is 5.35. The van der Waals surface area contributed by atoms with Crippen molar-refractivity contribution in [3.05, 3.63) is 34.8 Å². The minimum absolute atomic E-state index is 0. The molecule has 4 heteroatoms. The Hall–Kier alpha value is -1.06. The minimum atomic E-state index is -0.0726. The molecule has 0 saturated heterocycles. The Morgan fingerprint density at radius 1 is 1.11 bits per heavy atom. The molecule has 0 bridgehead atoms. The van der Waals surface area contributed by atoms with Crippen molar-refractivity contribution in [2.45, 2.75) is 32.2 Å². The van der Waals surface area contributed by atoms with Crippen LogP contribution in [0.3, 0.4) is 0 Å². The first kappa shape index (κ1) is 12.9. The Bertz CT molecular complexity index is 633. The molecule has 1 N–H and O–H groups in total. The van der Waals surface area contributed by atoms with Crippen molar-refractivity contribution in [1.82, 2.24) is 9.88 Å². The van der Waals surface area contributed by atoms with Crippen LogP contribution in [0, 0.1) is 5.82 Å². The summed E-state index contributed by atoms with van der Waals surface area (Å²) < 4.78 is 16.2. The van der Waals surface area contributed by atoms with Gasteiger partial charge >= 0.3 is 0 Å². The van der Waals surface area contributed by atoms with Gasteiger partial charge in [-0.3, -0.25) is 0 Å². The maximum absolute atomic E-state index is 13.8. The summed E-state index contributed by atoms with van der Waals surface area (Å²) in [5, 5.41) is 4.61. The molecule has 0 amide bonds. The standard InChI is InChI=1S/C15H17FN2.ClH/c16-11-8-10-2-1-7-18-14-4-6-17-5-3-12(14)13(9-11)15(10)18;/h8-9,17H,1-7H2;1H. The Morgan fingerprint density at radius 3 is 2.84 bits per heavy atom. The second kappa shape index (κ2) is 4.80. The molecule has 19 heavy (non-hydrogen) atoms. The van der Waals surface area contributed by atoms with Gasteiger partial charge in [-0.25, -0.2) is 4.39 Å². The lowest BCUT2D eigenvalue weighted by atomic mass is 10.0. The fourth-order valence-electron chi connectivity index (χ4n) is 3.63. The number of rotatable bonds is 0. The van der Waals surface area contributed by atoms with E-state index in [1.165, 1.54) is 27.7 Å². The summed E-state index contributed by atoms with van der Waals surface area (Å²) in [6, 6.07) is 3.47. The van der Waals surface area contributed by atoms with Gasteiger partial charge in [-0.2, -0.15) is 0 Å². The first-order valence-corrected chi connectivity index (χ1v) is 6.87. The molecule has 2 nitrogen and oxygen atoms in total. The normalized spacial score (nSPS) is 17.7. The van der Waals surface area contributed by atoms with Gasteiger partial charge in [0, 0.05) is 30.6 Å². The number of nitrogens with zero attached hydrogens (tertiary/aromatic N) is 1. The number of aryl methyl sites for hydroxylation is 2. The van der Waals surface area contributed by atoms with Crippen molar-refractivity contribution >= 4 is 23.3 Å². The molecule has 0 aliphatic carbocycles. The highest BCUT2D eigenvalue weighted by atomic mass is 35.5. The topological polar surface area (TPSA) is 17.0 Å². The van der Waals surface area contributed by atoms with Gasteiger partial charge in [0.2, 0.25) is 0 Å². The molecule has 2 aliphatic rings. The molecule has 4 rings (SSSR count). The van der Waals surface area contributed by atoms with Crippen LogP contribution in [0.2, 0.25) is 0 Å². The van der Waals surface area contributed by atoms with E-state index in [0.717, 1.165) is 45.3 Å². The Labute approximate surface area is 118 Å². The van der Waals surface area contributed by atoms with Crippen molar-refractivity contribution in [2.75, 3.05) is 13.1 Å². The van der Waals surface area contributed by atoms with E-state index in [0.29, 0.717) is 0 Å². The lowest BCUT2D eigenvalue weighted by molar-refractivity contribution is 0.594. The molecule has 2 aliphatic heterocycles. The second-order valence-electron chi connectivity index (χ2n) is 5.39. The maximum Gasteiger partial charge on any atom is 0.124 e. The SMILES string of the molecule is Cl.Fc1cc2c3c(c1)c1c(n3CCC2)CCNCC1. The highest BCUT2D eigenvalue weighted by Crippen LogP contribution is 2.34. The molecular weight excluding hydrogens is 263 g/mol. The summed E-state index contributed by atoms with van der Waals surface area (Å²) in [7, 11) is 0. The number of nitrogens with one attached hydrogen (secondary N) is 1. The second-order valence-corrected chi connectivity index (χ2v) is 5.39. The number of fused-ring (bicyclic) bond motifs is 3. The quantitative estimate of drug-likeness (QED) is 0.785. The molecule has 1 aromatic carbocycles. The molecule has 102 valence electrons. The fraction of sp³-hybridized carbons (Fsp3) is 0.467. The van der Waals surface area contributed by atoms with E-state index >= 15 is 0 Å². The zero-order valence-electron chi connectivity index (χ0n) is 10.8. The highest BCUT2D eigenvalue weighted by molar-refractivity contribution is 5.89. The van der Waals surface area contributed by atoms with Crippen LogP contribution in [-0.4, -0.2) is 17.7 Å². The average molecular weight is 281 g/mol. The third-order valence-corrected chi connectivity index (χ3v) is 4.34. The monoisotopic (exact) mass is 280 g/mol. The summed E-state index contributed by atoms with van der Waals surface area (Å²) in [4.78, 5) is 0. The van der Waals surface area contributed by atoms with Gasteiger partial charge in [0.1, 0.15) is 5.82 Å². The average Bonchev–Trinajstić information content (AvgIpc) is 2.55. The van der Waals surface area contributed by atoms with Crippen LogP contribution >= 0.6 is 12.4 Å². The predicted molar refractivity (Wildman–Crippen MR) is 77.7 cm³/mol. The van der Waals surface area contributed by atoms with Gasteiger partial charge < -0.3 is 9.88 Å². The maximum atomic E-state index is 13.8. The molecular formula is C15H18ClFN2. The van der Waals surface area contributed by atoms with E-state index in [2.05, 4.69) is 9.88 Å². The van der Waals surface area contributed by atoms with E-state index in [4.69, 9.17) is 0 Å².